The van der Waals surface area contributed by atoms with Gasteiger partial charge in [-0.25, -0.2) is 0 Å². The fourth-order valence-corrected chi connectivity index (χ4v) is 6.80. The molecule has 1 N–H and O–H groups in total. The predicted octanol–water partition coefficient (Wildman–Crippen LogP) is 10.4. The molecule has 0 saturated heterocycles. The number of nitrogens with zero attached hydrogens (tertiary/aromatic N) is 1. The Morgan fingerprint density at radius 3 is 1.79 bits per heavy atom. The van der Waals surface area contributed by atoms with E-state index in [9.17, 15) is 35.9 Å². The summed E-state index contributed by atoms with van der Waals surface area (Å²) in [6.07, 6.45) is -11.7. The summed E-state index contributed by atoms with van der Waals surface area (Å²) < 4.78 is 102. The number of hydrogen-bond donors (Lipinski definition) is 1. The first-order valence-corrected chi connectivity index (χ1v) is 16.6. The summed E-state index contributed by atoms with van der Waals surface area (Å²) in [5.41, 5.74) is -5.41. The van der Waals surface area contributed by atoms with E-state index in [2.05, 4.69) is 26.1 Å². The molecule has 0 fully saturated rings. The lowest BCUT2D eigenvalue weighted by atomic mass is 9.71. The van der Waals surface area contributed by atoms with E-state index in [0.717, 1.165) is 29.8 Å². The number of halogens is 6. The monoisotopic (exact) mass is 730 g/mol. The second-order valence-electron chi connectivity index (χ2n) is 14.0. The van der Waals surface area contributed by atoms with E-state index in [1.807, 2.05) is 24.3 Å². The predicted molar refractivity (Wildman–Crippen MR) is 186 cm³/mol. The average Bonchev–Trinajstić information content (AvgIpc) is 3.62. The summed E-state index contributed by atoms with van der Waals surface area (Å²) in [6, 6.07) is 26.1. The Kier molecular flexibility index (Phi) is 8.54. The van der Waals surface area contributed by atoms with Crippen LogP contribution in [0.2, 0.25) is 0 Å². The lowest BCUT2D eigenvalue weighted by Crippen LogP contribution is -2.54. The van der Waals surface area contributed by atoms with Crippen LogP contribution in [0.3, 0.4) is 0 Å². The Morgan fingerprint density at radius 2 is 1.15 bits per heavy atom. The van der Waals surface area contributed by atoms with Crippen LogP contribution in [0, 0.1) is 0 Å². The number of benzene rings is 5. The van der Waals surface area contributed by atoms with Gasteiger partial charge in [0.05, 0.1) is 6.54 Å². The van der Waals surface area contributed by atoms with Gasteiger partial charge in [0.25, 0.3) is 11.8 Å². The van der Waals surface area contributed by atoms with Crippen LogP contribution >= 0.6 is 0 Å². The van der Waals surface area contributed by atoms with E-state index in [1.165, 1.54) is 4.90 Å². The van der Waals surface area contributed by atoms with Crippen molar-refractivity contribution in [1.29, 1.82) is 0 Å². The van der Waals surface area contributed by atoms with Crippen LogP contribution in [-0.2, 0) is 23.9 Å². The summed E-state index contributed by atoms with van der Waals surface area (Å²) in [4.78, 5) is 27.0. The molecule has 0 atom stereocenters. The standard InChI is InChI=1S/C41H32F6N2O4/c1-38(2,3)26-7-4-9-30(18-26)52-32-11-6-12-33(21-32)53-31-10-5-8-29(20-31)49-23-24-13-14-28(19-35(24)37(49)51)39(40(42,43)44,41(45,46)47)27-15-16-34-25(17-27)22-48-36(34)50/h4-21H,22-23H2,1-3H3,(H,48,50). The Balaban J connectivity index is 1.16. The molecule has 53 heavy (non-hydrogen) atoms. The van der Waals surface area contributed by atoms with E-state index < -0.39 is 40.7 Å². The van der Waals surface area contributed by atoms with Gasteiger partial charge in [-0.05, 0) is 81.8 Å². The highest BCUT2D eigenvalue weighted by atomic mass is 19.4. The van der Waals surface area contributed by atoms with E-state index in [4.69, 9.17) is 9.47 Å². The molecule has 6 nitrogen and oxygen atoms in total. The second kappa shape index (κ2) is 12.7. The van der Waals surface area contributed by atoms with Crippen molar-refractivity contribution < 1.29 is 45.4 Å². The van der Waals surface area contributed by atoms with Gasteiger partial charge in [0.1, 0.15) is 23.0 Å². The first-order valence-electron chi connectivity index (χ1n) is 16.6. The van der Waals surface area contributed by atoms with Crippen molar-refractivity contribution in [2.75, 3.05) is 4.90 Å². The third kappa shape index (κ3) is 6.36. The maximum Gasteiger partial charge on any atom is 0.411 e. The normalized spacial score (nSPS) is 14.5. The van der Waals surface area contributed by atoms with Crippen molar-refractivity contribution in [2.45, 2.75) is 57.0 Å². The molecule has 0 aliphatic carbocycles. The fourth-order valence-electron chi connectivity index (χ4n) is 6.80. The molecular formula is C41H32F6N2O4. The molecule has 2 aliphatic rings. The summed E-state index contributed by atoms with van der Waals surface area (Å²) in [5, 5.41) is 2.41. The first kappa shape index (κ1) is 35.6. The number of carbonyl (C=O) groups is 2. The summed E-state index contributed by atoms with van der Waals surface area (Å²) in [5.74, 6) is 0.564. The molecule has 0 saturated carbocycles. The molecule has 2 aliphatic heterocycles. The molecular weight excluding hydrogens is 698 g/mol. The third-order valence-corrected chi connectivity index (χ3v) is 9.53. The van der Waals surface area contributed by atoms with Crippen molar-refractivity contribution in [2.24, 2.45) is 0 Å². The number of rotatable bonds is 7. The van der Waals surface area contributed by atoms with Crippen LogP contribution in [0.25, 0.3) is 0 Å². The minimum absolute atomic E-state index is 0.000841. The van der Waals surface area contributed by atoms with Gasteiger partial charge in [0, 0.05) is 35.5 Å². The average molecular weight is 731 g/mol. The SMILES string of the molecule is CC(C)(C)c1cccc(Oc2cccc(Oc3cccc(N4Cc5ccc(C(c6ccc7c(c6)CNC7=O)(C(F)(F)F)C(F)(F)F)cc5C4=O)c3)c2)c1. The van der Waals surface area contributed by atoms with Crippen LogP contribution in [0.15, 0.2) is 109 Å². The third-order valence-electron chi connectivity index (χ3n) is 9.53. The van der Waals surface area contributed by atoms with Gasteiger partial charge in [-0.15, -0.1) is 0 Å². The summed E-state index contributed by atoms with van der Waals surface area (Å²) in [6.45, 7) is 6.01. The number of alkyl halides is 6. The number of ether oxygens (including phenoxy) is 2. The number of hydrogen-bond acceptors (Lipinski definition) is 4. The topological polar surface area (TPSA) is 67.9 Å². The highest BCUT2D eigenvalue weighted by molar-refractivity contribution is 6.10. The van der Waals surface area contributed by atoms with Gasteiger partial charge in [-0.1, -0.05) is 69.3 Å². The second-order valence-corrected chi connectivity index (χ2v) is 14.0. The highest BCUT2D eigenvalue weighted by Gasteiger charge is 2.72. The molecule has 5 aromatic carbocycles. The van der Waals surface area contributed by atoms with Crippen molar-refractivity contribution in [1.82, 2.24) is 5.32 Å². The zero-order chi connectivity index (χ0) is 37.9. The van der Waals surface area contributed by atoms with E-state index in [0.29, 0.717) is 40.8 Å². The Bertz CT molecular complexity index is 2240. The lowest BCUT2D eigenvalue weighted by Gasteiger charge is -2.38. The van der Waals surface area contributed by atoms with E-state index >= 15 is 0 Å². The molecule has 0 aromatic heterocycles. The summed E-state index contributed by atoms with van der Waals surface area (Å²) >= 11 is 0. The Morgan fingerprint density at radius 1 is 0.585 bits per heavy atom. The summed E-state index contributed by atoms with van der Waals surface area (Å²) in [7, 11) is 0. The largest absolute Gasteiger partial charge is 0.457 e. The van der Waals surface area contributed by atoms with Gasteiger partial charge in [0.15, 0.2) is 0 Å². The highest BCUT2D eigenvalue weighted by Crippen LogP contribution is 2.57. The molecule has 7 rings (SSSR count). The molecule has 0 radical (unpaired) electrons. The molecule has 0 bridgehead atoms. The quantitative estimate of drug-likeness (QED) is 0.169. The van der Waals surface area contributed by atoms with Gasteiger partial charge in [-0.2, -0.15) is 26.3 Å². The van der Waals surface area contributed by atoms with Crippen LogP contribution in [0.4, 0.5) is 32.0 Å². The zero-order valence-electron chi connectivity index (χ0n) is 28.7. The van der Waals surface area contributed by atoms with Crippen LogP contribution in [0.1, 0.15) is 69.3 Å². The van der Waals surface area contributed by atoms with E-state index in [-0.39, 0.29) is 40.8 Å². The maximum atomic E-state index is 15.0. The van der Waals surface area contributed by atoms with E-state index in [1.54, 1.807) is 48.5 Å². The van der Waals surface area contributed by atoms with Crippen molar-refractivity contribution in [3.8, 4) is 23.0 Å². The zero-order valence-corrected chi connectivity index (χ0v) is 28.7. The molecule has 0 unspecified atom stereocenters. The van der Waals surface area contributed by atoms with Crippen molar-refractivity contribution >= 4 is 17.5 Å². The Labute approximate surface area is 301 Å². The molecule has 0 spiro atoms. The molecule has 272 valence electrons. The molecule has 2 amide bonds. The fraction of sp³-hybridized carbons (Fsp3) is 0.220. The number of anilines is 1. The number of fused-ring (bicyclic) bond motifs is 2. The van der Waals surface area contributed by atoms with Crippen LogP contribution < -0.4 is 19.7 Å². The van der Waals surface area contributed by atoms with Crippen LogP contribution in [0.5, 0.6) is 23.0 Å². The number of nitrogens with one attached hydrogen (secondary N) is 1. The smallest absolute Gasteiger partial charge is 0.411 e. The van der Waals surface area contributed by atoms with Gasteiger partial charge in [0.2, 0.25) is 5.41 Å². The number of carbonyl (C=O) groups excluding carboxylic acids is 2. The van der Waals surface area contributed by atoms with Gasteiger partial charge in [-0.3, -0.25) is 9.59 Å². The minimum Gasteiger partial charge on any atom is -0.457 e. The van der Waals surface area contributed by atoms with Gasteiger partial charge < -0.3 is 19.7 Å². The van der Waals surface area contributed by atoms with Gasteiger partial charge >= 0.3 is 12.4 Å². The first-order chi connectivity index (χ1) is 25.0. The van der Waals surface area contributed by atoms with Crippen molar-refractivity contribution in [3.05, 3.63) is 148 Å². The number of amides is 2. The maximum absolute atomic E-state index is 15.0. The van der Waals surface area contributed by atoms with Crippen LogP contribution in [-0.4, -0.2) is 24.2 Å². The minimum atomic E-state index is -5.87. The molecule has 5 aromatic rings. The lowest BCUT2D eigenvalue weighted by molar-refractivity contribution is -0.288. The van der Waals surface area contributed by atoms with Crippen molar-refractivity contribution in [3.63, 3.8) is 0 Å². The molecule has 12 heteroatoms. The molecule has 2 heterocycles. The Hall–Kier alpha value is -5.78.